The van der Waals surface area contributed by atoms with E-state index in [-0.39, 0.29) is 11.9 Å². The van der Waals surface area contributed by atoms with Crippen LogP contribution in [0.3, 0.4) is 0 Å². The summed E-state index contributed by atoms with van der Waals surface area (Å²) in [4.78, 5) is 14.6. The van der Waals surface area contributed by atoms with E-state index in [0.29, 0.717) is 24.2 Å². The first kappa shape index (κ1) is 18.3. The van der Waals surface area contributed by atoms with Gasteiger partial charge in [0.1, 0.15) is 0 Å². The molecule has 0 radical (unpaired) electrons. The summed E-state index contributed by atoms with van der Waals surface area (Å²) in [6.45, 7) is 0.348. The number of fused-ring (bicyclic) bond motifs is 1. The molecule has 1 unspecified atom stereocenters. The van der Waals surface area contributed by atoms with Gasteiger partial charge in [0.15, 0.2) is 0 Å². The molecule has 0 saturated heterocycles. The SMILES string of the molecule is CN(C)c1ccc(C(=O)NC2CCN(S(C)(=O)=O)c3ccccc32)cc1. The van der Waals surface area contributed by atoms with Crippen molar-refractivity contribution in [3.8, 4) is 0 Å². The van der Waals surface area contributed by atoms with Crippen LogP contribution in [0, 0.1) is 0 Å². The van der Waals surface area contributed by atoms with Crippen molar-refractivity contribution in [2.24, 2.45) is 0 Å². The summed E-state index contributed by atoms with van der Waals surface area (Å²) in [6.07, 6.45) is 1.74. The number of amides is 1. The summed E-state index contributed by atoms with van der Waals surface area (Å²) in [6, 6.07) is 14.5. The predicted molar refractivity (Wildman–Crippen MR) is 104 cm³/mol. The normalized spacial score (nSPS) is 16.7. The van der Waals surface area contributed by atoms with Crippen LogP contribution in [0.4, 0.5) is 11.4 Å². The van der Waals surface area contributed by atoms with Crippen LogP contribution < -0.4 is 14.5 Å². The lowest BCUT2D eigenvalue weighted by Crippen LogP contribution is -2.40. The molecule has 26 heavy (non-hydrogen) atoms. The number of anilines is 2. The topological polar surface area (TPSA) is 69.7 Å². The van der Waals surface area contributed by atoms with E-state index in [4.69, 9.17) is 0 Å². The predicted octanol–water partition coefficient (Wildman–Crippen LogP) is 2.39. The molecule has 138 valence electrons. The fourth-order valence-electron chi connectivity index (χ4n) is 3.18. The molecule has 0 spiro atoms. The summed E-state index contributed by atoms with van der Waals surface area (Å²) >= 11 is 0. The molecule has 1 aliphatic heterocycles. The second-order valence-electron chi connectivity index (χ2n) is 6.65. The van der Waals surface area contributed by atoms with Gasteiger partial charge in [-0.15, -0.1) is 0 Å². The van der Waals surface area contributed by atoms with Crippen LogP contribution in [0.25, 0.3) is 0 Å². The molecule has 1 atom stereocenters. The largest absolute Gasteiger partial charge is 0.378 e. The van der Waals surface area contributed by atoms with E-state index in [1.54, 1.807) is 24.3 Å². The number of hydrogen-bond donors (Lipinski definition) is 1. The highest BCUT2D eigenvalue weighted by atomic mass is 32.2. The van der Waals surface area contributed by atoms with Gasteiger partial charge in [-0.2, -0.15) is 0 Å². The number of carbonyl (C=O) groups is 1. The maximum atomic E-state index is 12.6. The van der Waals surface area contributed by atoms with Gasteiger partial charge in [0.05, 0.1) is 18.0 Å². The molecule has 0 fully saturated rings. The monoisotopic (exact) mass is 373 g/mol. The van der Waals surface area contributed by atoms with Crippen molar-refractivity contribution in [1.29, 1.82) is 0 Å². The Labute approximate surface area is 154 Å². The highest BCUT2D eigenvalue weighted by Crippen LogP contribution is 2.35. The maximum absolute atomic E-state index is 12.6. The van der Waals surface area contributed by atoms with Crippen molar-refractivity contribution in [2.75, 3.05) is 36.1 Å². The smallest absolute Gasteiger partial charge is 0.251 e. The molecule has 0 aliphatic carbocycles. The first-order chi connectivity index (χ1) is 12.3. The van der Waals surface area contributed by atoms with E-state index in [1.807, 2.05) is 43.3 Å². The van der Waals surface area contributed by atoms with Crippen LogP contribution in [0.5, 0.6) is 0 Å². The van der Waals surface area contributed by atoms with Crippen LogP contribution in [0.2, 0.25) is 0 Å². The molecular weight excluding hydrogens is 350 g/mol. The van der Waals surface area contributed by atoms with Crippen LogP contribution in [-0.2, 0) is 10.0 Å². The van der Waals surface area contributed by atoms with Crippen molar-refractivity contribution in [2.45, 2.75) is 12.5 Å². The minimum atomic E-state index is -3.34. The number of nitrogens with one attached hydrogen (secondary N) is 1. The number of carbonyl (C=O) groups excluding carboxylic acids is 1. The molecule has 3 rings (SSSR count). The Morgan fingerprint density at radius 3 is 2.38 bits per heavy atom. The highest BCUT2D eigenvalue weighted by Gasteiger charge is 2.30. The first-order valence-corrected chi connectivity index (χ1v) is 10.3. The van der Waals surface area contributed by atoms with Crippen molar-refractivity contribution in [3.05, 3.63) is 59.7 Å². The number of para-hydroxylation sites is 1. The van der Waals surface area contributed by atoms with Gasteiger partial charge >= 0.3 is 0 Å². The number of rotatable bonds is 4. The highest BCUT2D eigenvalue weighted by molar-refractivity contribution is 7.92. The summed E-state index contributed by atoms with van der Waals surface area (Å²) in [5, 5.41) is 3.04. The van der Waals surface area contributed by atoms with Gasteiger partial charge in [-0.1, -0.05) is 18.2 Å². The Kier molecular flexibility index (Phi) is 4.91. The van der Waals surface area contributed by atoms with Crippen molar-refractivity contribution < 1.29 is 13.2 Å². The molecular formula is C19H23N3O3S. The maximum Gasteiger partial charge on any atom is 0.251 e. The van der Waals surface area contributed by atoms with Gasteiger partial charge in [0.2, 0.25) is 10.0 Å². The molecule has 0 bridgehead atoms. The van der Waals surface area contributed by atoms with Crippen LogP contribution in [0.1, 0.15) is 28.4 Å². The molecule has 1 amide bonds. The van der Waals surface area contributed by atoms with E-state index in [2.05, 4.69) is 5.32 Å². The molecule has 0 saturated carbocycles. The Morgan fingerprint density at radius 1 is 1.12 bits per heavy atom. The summed E-state index contributed by atoms with van der Waals surface area (Å²) in [7, 11) is 0.552. The first-order valence-electron chi connectivity index (χ1n) is 8.42. The molecule has 1 heterocycles. The lowest BCUT2D eigenvalue weighted by molar-refractivity contribution is 0.0934. The Hall–Kier alpha value is -2.54. The molecule has 2 aromatic rings. The third kappa shape index (κ3) is 3.67. The quantitative estimate of drug-likeness (QED) is 0.893. The van der Waals surface area contributed by atoms with Gasteiger partial charge in [-0.25, -0.2) is 8.42 Å². The molecule has 0 aromatic heterocycles. The third-order valence-corrected chi connectivity index (χ3v) is 5.73. The molecule has 2 aromatic carbocycles. The molecule has 1 N–H and O–H groups in total. The third-order valence-electron chi connectivity index (χ3n) is 4.55. The zero-order valence-electron chi connectivity index (χ0n) is 15.1. The lowest BCUT2D eigenvalue weighted by atomic mass is 9.97. The van der Waals surface area contributed by atoms with Gasteiger partial charge in [-0.05, 0) is 42.3 Å². The van der Waals surface area contributed by atoms with Crippen LogP contribution >= 0.6 is 0 Å². The second-order valence-corrected chi connectivity index (χ2v) is 8.56. The fraction of sp³-hybridized carbons (Fsp3) is 0.316. The van der Waals surface area contributed by atoms with Gasteiger partial charge in [0.25, 0.3) is 5.91 Å². The van der Waals surface area contributed by atoms with Crippen LogP contribution in [0.15, 0.2) is 48.5 Å². The van der Waals surface area contributed by atoms with Crippen molar-refractivity contribution >= 4 is 27.3 Å². The summed E-state index contributed by atoms with van der Waals surface area (Å²) < 4.78 is 25.4. The summed E-state index contributed by atoms with van der Waals surface area (Å²) in [5.41, 5.74) is 3.06. The van der Waals surface area contributed by atoms with E-state index in [9.17, 15) is 13.2 Å². The van der Waals surface area contributed by atoms with Gasteiger partial charge in [-0.3, -0.25) is 9.10 Å². The Balaban J connectivity index is 1.83. The minimum absolute atomic E-state index is 0.164. The van der Waals surface area contributed by atoms with E-state index < -0.39 is 10.0 Å². The number of nitrogens with zero attached hydrogens (tertiary/aromatic N) is 2. The second kappa shape index (κ2) is 6.99. The zero-order valence-corrected chi connectivity index (χ0v) is 16.0. The van der Waals surface area contributed by atoms with Gasteiger partial charge in [0, 0.05) is 31.9 Å². The van der Waals surface area contributed by atoms with E-state index in [1.165, 1.54) is 10.6 Å². The van der Waals surface area contributed by atoms with E-state index >= 15 is 0 Å². The number of benzene rings is 2. The fourth-order valence-corrected chi connectivity index (χ4v) is 4.14. The van der Waals surface area contributed by atoms with Gasteiger partial charge < -0.3 is 10.2 Å². The van der Waals surface area contributed by atoms with Crippen molar-refractivity contribution in [3.63, 3.8) is 0 Å². The minimum Gasteiger partial charge on any atom is -0.378 e. The zero-order chi connectivity index (χ0) is 18.9. The number of hydrogen-bond acceptors (Lipinski definition) is 4. The Bertz CT molecular complexity index is 908. The van der Waals surface area contributed by atoms with Crippen LogP contribution in [-0.4, -0.2) is 41.2 Å². The Morgan fingerprint density at radius 2 is 1.77 bits per heavy atom. The average Bonchev–Trinajstić information content (AvgIpc) is 2.61. The summed E-state index contributed by atoms with van der Waals surface area (Å²) in [5.74, 6) is -0.164. The molecule has 6 nitrogen and oxygen atoms in total. The van der Waals surface area contributed by atoms with Crippen molar-refractivity contribution in [1.82, 2.24) is 5.32 Å². The van der Waals surface area contributed by atoms with E-state index in [0.717, 1.165) is 11.3 Å². The molecule has 7 heteroatoms. The average molecular weight is 373 g/mol. The standard InChI is InChI=1S/C19H23N3O3S/c1-21(2)15-10-8-14(9-11-15)19(23)20-17-12-13-22(26(3,24)25)18-7-5-4-6-16(17)18/h4-11,17H,12-13H2,1-3H3,(H,20,23). The number of sulfonamides is 1. The lowest BCUT2D eigenvalue weighted by Gasteiger charge is -2.34. The molecule has 1 aliphatic rings.